The van der Waals surface area contributed by atoms with Gasteiger partial charge in [0.1, 0.15) is 5.15 Å². The molecule has 16 heavy (non-hydrogen) atoms. The Morgan fingerprint density at radius 1 is 1.44 bits per heavy atom. The van der Waals surface area contributed by atoms with Gasteiger partial charge in [0.15, 0.2) is 0 Å². The van der Waals surface area contributed by atoms with E-state index >= 15 is 0 Å². The molecule has 0 bridgehead atoms. The third-order valence-corrected chi connectivity index (χ3v) is 3.07. The Labute approximate surface area is 101 Å². The predicted molar refractivity (Wildman–Crippen MR) is 64.5 cm³/mol. The standard InChI is InChI=1S/C12H17ClN2O/c1-9-6-15(7-10(2)16-9)8-11-4-3-5-14-12(11)13/h3-5,9-10H,6-8H2,1-2H3. The first kappa shape index (κ1) is 11.8. The van der Waals surface area contributed by atoms with Gasteiger partial charge in [-0.05, 0) is 19.9 Å². The molecule has 1 aromatic heterocycles. The molecule has 1 aliphatic rings. The maximum Gasteiger partial charge on any atom is 0.133 e. The van der Waals surface area contributed by atoms with E-state index in [0.29, 0.717) is 17.4 Å². The molecule has 3 nitrogen and oxygen atoms in total. The summed E-state index contributed by atoms with van der Waals surface area (Å²) in [4.78, 5) is 6.45. The van der Waals surface area contributed by atoms with Crippen LogP contribution in [0.1, 0.15) is 19.4 Å². The zero-order valence-corrected chi connectivity index (χ0v) is 10.4. The Kier molecular flexibility index (Phi) is 3.79. The fourth-order valence-corrected chi connectivity index (χ4v) is 2.37. The second-order valence-corrected chi connectivity index (χ2v) is 4.76. The lowest BCUT2D eigenvalue weighted by Gasteiger charge is -2.35. The Morgan fingerprint density at radius 2 is 2.12 bits per heavy atom. The van der Waals surface area contributed by atoms with Gasteiger partial charge in [0, 0.05) is 31.4 Å². The molecule has 1 aliphatic heterocycles. The number of hydrogen-bond acceptors (Lipinski definition) is 3. The molecule has 0 radical (unpaired) electrons. The maximum atomic E-state index is 6.05. The predicted octanol–water partition coefficient (Wildman–Crippen LogP) is 2.34. The van der Waals surface area contributed by atoms with E-state index in [9.17, 15) is 0 Å². The minimum Gasteiger partial charge on any atom is -0.373 e. The largest absolute Gasteiger partial charge is 0.373 e. The smallest absolute Gasteiger partial charge is 0.133 e. The molecule has 0 aromatic carbocycles. The Balaban J connectivity index is 2.02. The molecule has 1 saturated heterocycles. The van der Waals surface area contributed by atoms with Crippen molar-refractivity contribution in [3.63, 3.8) is 0 Å². The Morgan fingerprint density at radius 3 is 2.75 bits per heavy atom. The number of nitrogens with zero attached hydrogens (tertiary/aromatic N) is 2. The molecule has 0 amide bonds. The van der Waals surface area contributed by atoms with Gasteiger partial charge in [-0.15, -0.1) is 0 Å². The molecular weight excluding hydrogens is 224 g/mol. The van der Waals surface area contributed by atoms with E-state index in [-0.39, 0.29) is 0 Å². The van der Waals surface area contributed by atoms with Crippen molar-refractivity contribution >= 4 is 11.6 Å². The van der Waals surface area contributed by atoms with E-state index in [0.717, 1.165) is 25.2 Å². The first-order valence-electron chi connectivity index (χ1n) is 5.62. The minimum absolute atomic E-state index is 0.291. The van der Waals surface area contributed by atoms with Crippen LogP contribution in [-0.2, 0) is 11.3 Å². The Hall–Kier alpha value is -0.640. The van der Waals surface area contributed by atoms with Gasteiger partial charge in [0.05, 0.1) is 12.2 Å². The van der Waals surface area contributed by atoms with E-state index in [1.54, 1.807) is 6.20 Å². The highest BCUT2D eigenvalue weighted by atomic mass is 35.5. The van der Waals surface area contributed by atoms with Crippen LogP contribution in [0, 0.1) is 0 Å². The summed E-state index contributed by atoms with van der Waals surface area (Å²) >= 11 is 6.05. The summed E-state index contributed by atoms with van der Waals surface area (Å²) in [7, 11) is 0. The average Bonchev–Trinajstić information content (AvgIpc) is 2.20. The van der Waals surface area contributed by atoms with Gasteiger partial charge in [-0.1, -0.05) is 17.7 Å². The SMILES string of the molecule is CC1CN(Cc2cccnc2Cl)CC(C)O1. The summed E-state index contributed by atoms with van der Waals surface area (Å²) in [5.74, 6) is 0. The van der Waals surface area contributed by atoms with Crippen LogP contribution in [0.25, 0.3) is 0 Å². The molecule has 0 spiro atoms. The lowest BCUT2D eigenvalue weighted by Crippen LogP contribution is -2.44. The molecule has 2 atom stereocenters. The van der Waals surface area contributed by atoms with Crippen LogP contribution in [0.3, 0.4) is 0 Å². The number of halogens is 1. The number of ether oxygens (including phenoxy) is 1. The third kappa shape index (κ3) is 2.94. The summed E-state index contributed by atoms with van der Waals surface area (Å²) in [5, 5.41) is 0.606. The van der Waals surface area contributed by atoms with Gasteiger partial charge in [0.2, 0.25) is 0 Å². The van der Waals surface area contributed by atoms with Crippen molar-refractivity contribution in [1.29, 1.82) is 0 Å². The molecule has 0 saturated carbocycles. The molecule has 1 aromatic rings. The highest BCUT2D eigenvalue weighted by Gasteiger charge is 2.22. The van der Waals surface area contributed by atoms with Crippen molar-refractivity contribution in [3.05, 3.63) is 29.0 Å². The Bertz CT molecular complexity index is 349. The summed E-state index contributed by atoms with van der Waals surface area (Å²) in [5.41, 5.74) is 1.09. The maximum absolute atomic E-state index is 6.05. The van der Waals surface area contributed by atoms with Gasteiger partial charge >= 0.3 is 0 Å². The molecular formula is C12H17ClN2O. The first-order valence-corrected chi connectivity index (χ1v) is 6.00. The lowest BCUT2D eigenvalue weighted by molar-refractivity contribution is -0.0705. The minimum atomic E-state index is 0.291. The van der Waals surface area contributed by atoms with Crippen LogP contribution >= 0.6 is 11.6 Å². The van der Waals surface area contributed by atoms with Gasteiger partial charge in [-0.25, -0.2) is 4.98 Å². The fraction of sp³-hybridized carbons (Fsp3) is 0.583. The zero-order valence-electron chi connectivity index (χ0n) is 9.69. The summed E-state index contributed by atoms with van der Waals surface area (Å²) < 4.78 is 5.69. The van der Waals surface area contributed by atoms with Gasteiger partial charge in [-0.3, -0.25) is 4.90 Å². The van der Waals surface area contributed by atoms with Crippen LogP contribution in [0.4, 0.5) is 0 Å². The molecule has 1 fully saturated rings. The molecule has 0 N–H and O–H groups in total. The molecule has 4 heteroatoms. The fourth-order valence-electron chi connectivity index (χ4n) is 2.19. The van der Waals surface area contributed by atoms with Crippen LogP contribution in [0.15, 0.2) is 18.3 Å². The molecule has 2 rings (SSSR count). The van der Waals surface area contributed by atoms with Crippen molar-refractivity contribution in [3.8, 4) is 0 Å². The van der Waals surface area contributed by atoms with Crippen LogP contribution in [0.5, 0.6) is 0 Å². The van der Waals surface area contributed by atoms with E-state index in [1.807, 2.05) is 12.1 Å². The van der Waals surface area contributed by atoms with E-state index in [1.165, 1.54) is 0 Å². The van der Waals surface area contributed by atoms with Crippen molar-refractivity contribution in [2.45, 2.75) is 32.6 Å². The lowest BCUT2D eigenvalue weighted by atomic mass is 10.2. The molecule has 2 unspecified atom stereocenters. The van der Waals surface area contributed by atoms with Gasteiger partial charge < -0.3 is 4.74 Å². The summed E-state index contributed by atoms with van der Waals surface area (Å²) in [6.45, 7) is 6.97. The molecule has 0 aliphatic carbocycles. The van der Waals surface area contributed by atoms with Crippen molar-refractivity contribution in [2.24, 2.45) is 0 Å². The quantitative estimate of drug-likeness (QED) is 0.742. The number of morpholine rings is 1. The summed E-state index contributed by atoms with van der Waals surface area (Å²) in [6.07, 6.45) is 2.30. The number of hydrogen-bond donors (Lipinski definition) is 0. The van der Waals surface area contributed by atoms with E-state index < -0.39 is 0 Å². The third-order valence-electron chi connectivity index (χ3n) is 2.73. The molecule has 2 heterocycles. The summed E-state index contributed by atoms with van der Waals surface area (Å²) in [6, 6.07) is 3.95. The number of pyridine rings is 1. The molecule has 88 valence electrons. The topological polar surface area (TPSA) is 25.4 Å². The highest BCUT2D eigenvalue weighted by Crippen LogP contribution is 2.17. The van der Waals surface area contributed by atoms with Crippen LogP contribution in [-0.4, -0.2) is 35.2 Å². The van der Waals surface area contributed by atoms with Crippen LogP contribution < -0.4 is 0 Å². The normalized spacial score (nSPS) is 26.9. The zero-order chi connectivity index (χ0) is 11.5. The second-order valence-electron chi connectivity index (χ2n) is 4.40. The van der Waals surface area contributed by atoms with Crippen molar-refractivity contribution in [1.82, 2.24) is 9.88 Å². The van der Waals surface area contributed by atoms with Crippen molar-refractivity contribution in [2.75, 3.05) is 13.1 Å². The monoisotopic (exact) mass is 240 g/mol. The van der Waals surface area contributed by atoms with Crippen LogP contribution in [0.2, 0.25) is 5.15 Å². The number of aromatic nitrogens is 1. The van der Waals surface area contributed by atoms with Gasteiger partial charge in [0.25, 0.3) is 0 Å². The number of rotatable bonds is 2. The van der Waals surface area contributed by atoms with E-state index in [2.05, 4.69) is 23.7 Å². The first-order chi connectivity index (χ1) is 7.65. The average molecular weight is 241 g/mol. The highest BCUT2D eigenvalue weighted by molar-refractivity contribution is 6.30. The van der Waals surface area contributed by atoms with Crippen molar-refractivity contribution < 1.29 is 4.74 Å². The second kappa shape index (κ2) is 5.13. The van der Waals surface area contributed by atoms with E-state index in [4.69, 9.17) is 16.3 Å². The van der Waals surface area contributed by atoms with Gasteiger partial charge in [-0.2, -0.15) is 0 Å².